The van der Waals surface area contributed by atoms with E-state index in [1.807, 2.05) is 66.4 Å². The molecule has 4 aromatic carbocycles. The van der Waals surface area contributed by atoms with E-state index in [0.29, 0.717) is 79.9 Å². The number of nitrogens with zero attached hydrogens (tertiary/aromatic N) is 5. The highest BCUT2D eigenvalue weighted by Gasteiger charge is 2.45. The largest absolute Gasteiger partial charge is 0.378 e. The number of fused-ring (bicyclic) bond motifs is 1. The number of anilines is 1. The highest BCUT2D eigenvalue weighted by atomic mass is 16.5. The van der Waals surface area contributed by atoms with Gasteiger partial charge in [0.2, 0.25) is 17.7 Å². The lowest BCUT2D eigenvalue weighted by molar-refractivity contribution is -0.136. The Morgan fingerprint density at radius 3 is 2.10 bits per heavy atom. The summed E-state index contributed by atoms with van der Waals surface area (Å²) in [6, 6.07) is 24.4. The van der Waals surface area contributed by atoms with E-state index < -0.39 is 29.7 Å². The Morgan fingerprint density at radius 2 is 1.41 bits per heavy atom. The molecular weight excluding hydrogens is 997 g/mol. The van der Waals surface area contributed by atoms with E-state index in [0.717, 1.165) is 46.8 Å². The van der Waals surface area contributed by atoms with Crippen LogP contribution in [0.1, 0.15) is 109 Å². The molecule has 3 aliphatic heterocycles. The van der Waals surface area contributed by atoms with Crippen molar-refractivity contribution in [1.82, 2.24) is 34.9 Å². The van der Waals surface area contributed by atoms with Crippen molar-refractivity contribution in [3.8, 4) is 11.3 Å². The SMILES string of the molecule is Cc1c(NC(=O)c2ccc(C(C)(C)C)cc2)cccc1-c1cn(C)c(=O)c(Cc2ccc(C(=O)N3CCN(CCOCCOCCOCCNC(=O)CCc4cccc5c4C(=O)N(C4CCC(=O)NC4=O)C5=O)CC3)cc2)n1. The van der Waals surface area contributed by atoms with Gasteiger partial charge in [-0.3, -0.25) is 53.5 Å². The number of hydrogen-bond acceptors (Lipinski definition) is 13. The fourth-order valence-corrected chi connectivity index (χ4v) is 9.72. The van der Waals surface area contributed by atoms with Crippen molar-refractivity contribution in [2.24, 2.45) is 7.05 Å². The summed E-state index contributed by atoms with van der Waals surface area (Å²) in [4.78, 5) is 113. The number of rotatable bonds is 22. The van der Waals surface area contributed by atoms with Crippen molar-refractivity contribution in [2.45, 2.75) is 71.3 Å². The maximum Gasteiger partial charge on any atom is 0.272 e. The van der Waals surface area contributed by atoms with Crippen LogP contribution < -0.4 is 21.5 Å². The maximum absolute atomic E-state index is 13.5. The zero-order valence-corrected chi connectivity index (χ0v) is 45.0. The van der Waals surface area contributed by atoms with Crippen LogP contribution in [0, 0.1) is 6.92 Å². The van der Waals surface area contributed by atoms with Crippen LogP contribution in [-0.4, -0.2) is 151 Å². The molecule has 0 aliphatic carbocycles. The third kappa shape index (κ3) is 13.9. The topological polar surface area (TPSA) is 228 Å². The molecule has 3 N–H and O–H groups in total. The third-order valence-electron chi connectivity index (χ3n) is 14.3. The number of hydrogen-bond donors (Lipinski definition) is 3. The number of imide groups is 2. The summed E-state index contributed by atoms with van der Waals surface area (Å²) in [5, 5.41) is 8.03. The molecule has 4 heterocycles. The van der Waals surface area contributed by atoms with Gasteiger partial charge in [-0.05, 0) is 83.8 Å². The Labute approximate surface area is 453 Å². The number of benzene rings is 4. The number of carbonyl (C=O) groups is 7. The van der Waals surface area contributed by atoms with Gasteiger partial charge in [0.25, 0.3) is 29.2 Å². The van der Waals surface area contributed by atoms with Gasteiger partial charge in [-0.2, -0.15) is 0 Å². The van der Waals surface area contributed by atoms with Crippen molar-refractivity contribution < 1.29 is 47.8 Å². The van der Waals surface area contributed by atoms with Crippen molar-refractivity contribution in [1.29, 1.82) is 0 Å². The molecule has 410 valence electrons. The molecule has 7 amide bonds. The molecule has 0 bridgehead atoms. The smallest absolute Gasteiger partial charge is 0.272 e. The minimum Gasteiger partial charge on any atom is -0.378 e. The number of piperidine rings is 1. The zero-order valence-electron chi connectivity index (χ0n) is 45.0. The van der Waals surface area contributed by atoms with Gasteiger partial charge in [0, 0.05) is 94.2 Å². The van der Waals surface area contributed by atoms with Crippen LogP contribution in [0.15, 0.2) is 95.9 Å². The molecule has 19 heteroatoms. The Balaban J connectivity index is 0.678. The van der Waals surface area contributed by atoms with Gasteiger partial charge in [-0.15, -0.1) is 0 Å². The molecule has 0 saturated carbocycles. The lowest BCUT2D eigenvalue weighted by Crippen LogP contribution is -2.54. The van der Waals surface area contributed by atoms with Gasteiger partial charge < -0.3 is 34.3 Å². The summed E-state index contributed by atoms with van der Waals surface area (Å²) in [7, 11) is 1.70. The normalized spacial score (nSPS) is 15.8. The molecule has 0 spiro atoms. The Kier molecular flexibility index (Phi) is 18.6. The van der Waals surface area contributed by atoms with E-state index in [1.54, 1.807) is 37.5 Å². The number of piperazine rings is 1. The van der Waals surface area contributed by atoms with Gasteiger partial charge in [0.05, 0.1) is 56.5 Å². The fraction of sp³-hybridized carbons (Fsp3) is 0.407. The van der Waals surface area contributed by atoms with E-state index in [-0.39, 0.29) is 85.1 Å². The summed E-state index contributed by atoms with van der Waals surface area (Å²) < 4.78 is 18.5. The van der Waals surface area contributed by atoms with Crippen LogP contribution in [0.25, 0.3) is 11.3 Å². The van der Waals surface area contributed by atoms with Crippen LogP contribution >= 0.6 is 0 Å². The summed E-state index contributed by atoms with van der Waals surface area (Å²) in [5.41, 5.74) is 7.03. The number of amides is 7. The molecule has 0 radical (unpaired) electrons. The molecule has 3 aliphatic rings. The first-order valence-electron chi connectivity index (χ1n) is 26.5. The van der Waals surface area contributed by atoms with Crippen LogP contribution in [0.2, 0.25) is 0 Å². The first-order valence-corrected chi connectivity index (χ1v) is 26.5. The van der Waals surface area contributed by atoms with Crippen LogP contribution in [0.3, 0.4) is 0 Å². The number of aromatic nitrogens is 2. The predicted molar refractivity (Wildman–Crippen MR) is 291 cm³/mol. The van der Waals surface area contributed by atoms with Crippen LogP contribution in [0.4, 0.5) is 5.69 Å². The quantitative estimate of drug-likeness (QED) is 0.0623. The van der Waals surface area contributed by atoms with Gasteiger partial charge in [0.1, 0.15) is 11.7 Å². The second-order valence-electron chi connectivity index (χ2n) is 20.7. The van der Waals surface area contributed by atoms with Gasteiger partial charge in [0.15, 0.2) is 0 Å². The average molecular weight is 1070 g/mol. The van der Waals surface area contributed by atoms with E-state index in [1.165, 1.54) is 10.6 Å². The minimum absolute atomic E-state index is 0.0229. The molecule has 5 aromatic rings. The molecule has 8 rings (SSSR count). The van der Waals surface area contributed by atoms with E-state index >= 15 is 0 Å². The molecular formula is C59H68N8O11. The summed E-state index contributed by atoms with van der Waals surface area (Å²) in [5.74, 6) is -2.81. The van der Waals surface area contributed by atoms with Crippen LogP contribution in [-0.2, 0) is 53.9 Å². The van der Waals surface area contributed by atoms with E-state index in [4.69, 9.17) is 19.2 Å². The van der Waals surface area contributed by atoms with Gasteiger partial charge in [-0.25, -0.2) is 4.98 Å². The summed E-state index contributed by atoms with van der Waals surface area (Å²) in [6.07, 6.45) is 2.37. The number of carbonyl (C=O) groups excluding carboxylic acids is 7. The number of aryl methyl sites for hydroxylation is 2. The van der Waals surface area contributed by atoms with E-state index in [9.17, 15) is 38.4 Å². The van der Waals surface area contributed by atoms with E-state index in [2.05, 4.69) is 41.6 Å². The molecule has 2 fully saturated rings. The zero-order chi connectivity index (χ0) is 55.5. The molecule has 2 saturated heterocycles. The highest BCUT2D eigenvalue weighted by molar-refractivity contribution is 6.24. The molecule has 1 aromatic heterocycles. The first-order chi connectivity index (χ1) is 37.5. The number of nitrogens with one attached hydrogen (secondary N) is 3. The third-order valence-corrected chi connectivity index (χ3v) is 14.3. The van der Waals surface area contributed by atoms with Gasteiger partial charge in [-0.1, -0.05) is 69.3 Å². The monoisotopic (exact) mass is 1060 g/mol. The molecule has 1 unspecified atom stereocenters. The lowest BCUT2D eigenvalue weighted by Gasteiger charge is -2.34. The minimum atomic E-state index is -1.06. The Bertz CT molecular complexity index is 3100. The second-order valence-corrected chi connectivity index (χ2v) is 20.7. The second kappa shape index (κ2) is 25.6. The predicted octanol–water partition coefficient (Wildman–Crippen LogP) is 4.85. The summed E-state index contributed by atoms with van der Waals surface area (Å²) >= 11 is 0. The first kappa shape index (κ1) is 56.5. The molecule has 19 nitrogen and oxygen atoms in total. The van der Waals surface area contributed by atoms with Crippen LogP contribution in [0.5, 0.6) is 0 Å². The number of ether oxygens (including phenoxy) is 3. The standard InChI is InChI=1S/C59H68N8O11/c1-38-44(9-7-11-46(38)62-53(70)41-16-19-43(20-17-41)59(2,3)4)48-37-64(5)57(74)47(61-48)36-39-12-14-42(15-13-39)55(72)66-27-25-65(26-28-66)29-31-77-33-35-78-34-32-76-30-24-60-50(68)22-18-40-8-6-10-45-52(40)58(75)67(56(45)73)49-21-23-51(69)63-54(49)71/h6-17,19-20,37,49H,18,21-36H2,1-5H3,(H,60,68)(H,62,70)(H,63,69,71). The van der Waals surface area contributed by atoms with Gasteiger partial charge >= 0.3 is 0 Å². The summed E-state index contributed by atoms with van der Waals surface area (Å²) in [6.45, 7) is 14.3. The molecule has 1 atom stereocenters. The van der Waals surface area contributed by atoms with Crippen molar-refractivity contribution in [3.05, 3.63) is 152 Å². The average Bonchev–Trinajstić information content (AvgIpc) is 3.77. The Hall–Kier alpha value is -7.71. The van der Waals surface area contributed by atoms with Crippen molar-refractivity contribution in [2.75, 3.05) is 84.2 Å². The Morgan fingerprint density at radius 1 is 0.756 bits per heavy atom. The molecule has 78 heavy (non-hydrogen) atoms. The van der Waals surface area contributed by atoms with Crippen molar-refractivity contribution in [3.63, 3.8) is 0 Å². The lowest BCUT2D eigenvalue weighted by atomic mass is 9.86. The fourth-order valence-electron chi connectivity index (χ4n) is 9.72. The maximum atomic E-state index is 13.5. The highest BCUT2D eigenvalue weighted by Crippen LogP contribution is 2.31. The van der Waals surface area contributed by atoms with Crippen molar-refractivity contribution >= 4 is 47.0 Å².